The standard InChI is InChI=1S/C17H16BrFN2O2/c18-14-3-1-2-13(10-14)17(11-23-16(20)21-17)12-4-6-15(7-5-12)22-9-8-19/h1-7,10H,8-9,11H2,(H2,20,21). The third-order valence-electron chi connectivity index (χ3n) is 3.71. The van der Waals surface area contributed by atoms with E-state index in [-0.39, 0.29) is 12.6 Å². The van der Waals surface area contributed by atoms with E-state index < -0.39 is 12.2 Å². The molecular formula is C17H16BrFN2O2. The molecule has 0 saturated heterocycles. The van der Waals surface area contributed by atoms with Gasteiger partial charge in [-0.3, -0.25) is 0 Å². The van der Waals surface area contributed by atoms with Crippen molar-refractivity contribution in [1.82, 2.24) is 0 Å². The van der Waals surface area contributed by atoms with Crippen molar-refractivity contribution in [3.05, 3.63) is 64.1 Å². The first-order chi connectivity index (χ1) is 11.1. The fourth-order valence-electron chi connectivity index (χ4n) is 2.62. The van der Waals surface area contributed by atoms with Crippen LogP contribution in [-0.4, -0.2) is 25.9 Å². The lowest BCUT2D eigenvalue weighted by Gasteiger charge is -2.25. The molecule has 0 spiro atoms. The molecule has 6 heteroatoms. The largest absolute Gasteiger partial charge is 0.491 e. The number of aliphatic imine (C=N–C) groups is 1. The molecule has 1 aliphatic rings. The molecule has 0 aliphatic carbocycles. The zero-order chi connectivity index (χ0) is 16.3. The van der Waals surface area contributed by atoms with Crippen molar-refractivity contribution in [3.63, 3.8) is 0 Å². The molecule has 1 heterocycles. The van der Waals surface area contributed by atoms with Crippen molar-refractivity contribution in [3.8, 4) is 5.75 Å². The lowest BCUT2D eigenvalue weighted by Crippen LogP contribution is -2.27. The third-order valence-corrected chi connectivity index (χ3v) is 4.20. The van der Waals surface area contributed by atoms with Gasteiger partial charge in [-0.25, -0.2) is 9.38 Å². The molecule has 0 bridgehead atoms. The van der Waals surface area contributed by atoms with Gasteiger partial charge in [0.2, 0.25) is 0 Å². The van der Waals surface area contributed by atoms with Crippen molar-refractivity contribution in [2.24, 2.45) is 10.7 Å². The smallest absolute Gasteiger partial charge is 0.283 e. The second-order valence-electron chi connectivity index (χ2n) is 5.17. The lowest BCUT2D eigenvalue weighted by atomic mass is 9.84. The number of ether oxygens (including phenoxy) is 2. The average Bonchev–Trinajstić information content (AvgIpc) is 2.97. The number of nitrogens with zero attached hydrogens (tertiary/aromatic N) is 1. The van der Waals surface area contributed by atoms with Gasteiger partial charge in [0.1, 0.15) is 25.6 Å². The summed E-state index contributed by atoms with van der Waals surface area (Å²) in [4.78, 5) is 4.54. The second kappa shape index (κ2) is 6.58. The Bertz CT molecular complexity index is 721. The fraction of sp³-hybridized carbons (Fsp3) is 0.235. The molecule has 1 atom stereocenters. The van der Waals surface area contributed by atoms with Gasteiger partial charge in [0, 0.05) is 4.47 Å². The van der Waals surface area contributed by atoms with Crippen LogP contribution in [-0.2, 0) is 10.3 Å². The number of nitrogens with two attached hydrogens (primary N) is 1. The van der Waals surface area contributed by atoms with Crippen LogP contribution in [0.4, 0.5) is 4.39 Å². The SMILES string of the molecule is NC1=NC(c2ccc(OCCF)cc2)(c2cccc(Br)c2)CO1. The molecular weight excluding hydrogens is 363 g/mol. The summed E-state index contributed by atoms with van der Waals surface area (Å²) in [5.74, 6) is 0.617. The molecule has 2 aromatic carbocycles. The summed E-state index contributed by atoms with van der Waals surface area (Å²) < 4.78 is 23.9. The number of hydrogen-bond acceptors (Lipinski definition) is 4. The molecule has 3 rings (SSSR count). The molecule has 1 aliphatic heterocycles. The van der Waals surface area contributed by atoms with Crippen LogP contribution in [0.25, 0.3) is 0 Å². The molecule has 120 valence electrons. The van der Waals surface area contributed by atoms with Crippen LogP contribution >= 0.6 is 15.9 Å². The number of halogens is 2. The zero-order valence-corrected chi connectivity index (χ0v) is 13.9. The predicted octanol–water partition coefficient (Wildman–Crippen LogP) is 3.39. The maximum Gasteiger partial charge on any atom is 0.283 e. The van der Waals surface area contributed by atoms with E-state index in [9.17, 15) is 4.39 Å². The van der Waals surface area contributed by atoms with Crippen LogP contribution in [0.5, 0.6) is 5.75 Å². The fourth-order valence-corrected chi connectivity index (χ4v) is 3.02. The van der Waals surface area contributed by atoms with Gasteiger partial charge < -0.3 is 15.2 Å². The van der Waals surface area contributed by atoms with Crippen molar-refractivity contribution < 1.29 is 13.9 Å². The topological polar surface area (TPSA) is 56.8 Å². The Labute approximate surface area is 142 Å². The Balaban J connectivity index is 2.00. The van der Waals surface area contributed by atoms with Gasteiger partial charge in [0.25, 0.3) is 6.02 Å². The molecule has 0 amide bonds. The molecule has 2 aromatic rings. The van der Waals surface area contributed by atoms with Crippen molar-refractivity contribution >= 4 is 22.0 Å². The van der Waals surface area contributed by atoms with Crippen molar-refractivity contribution in [2.75, 3.05) is 19.9 Å². The molecule has 0 fully saturated rings. The van der Waals surface area contributed by atoms with Crippen LogP contribution in [0, 0.1) is 0 Å². The Morgan fingerprint density at radius 3 is 2.61 bits per heavy atom. The van der Waals surface area contributed by atoms with Gasteiger partial charge in [0.15, 0.2) is 5.54 Å². The maximum atomic E-state index is 12.2. The highest BCUT2D eigenvalue weighted by Gasteiger charge is 2.40. The quantitative estimate of drug-likeness (QED) is 0.867. The van der Waals surface area contributed by atoms with Crippen LogP contribution in [0.3, 0.4) is 0 Å². The molecule has 0 radical (unpaired) electrons. The predicted molar refractivity (Wildman–Crippen MR) is 90.4 cm³/mol. The van der Waals surface area contributed by atoms with Crippen LogP contribution in [0.1, 0.15) is 11.1 Å². The first kappa shape index (κ1) is 15.8. The highest BCUT2D eigenvalue weighted by Crippen LogP contribution is 2.38. The summed E-state index contributed by atoms with van der Waals surface area (Å²) in [6, 6.07) is 15.5. The van der Waals surface area contributed by atoms with E-state index in [1.54, 1.807) is 12.1 Å². The van der Waals surface area contributed by atoms with Gasteiger partial charge in [-0.1, -0.05) is 40.2 Å². The molecule has 4 nitrogen and oxygen atoms in total. The normalized spacial score (nSPS) is 20.0. The number of benzene rings is 2. The van der Waals surface area contributed by atoms with Gasteiger partial charge in [-0.15, -0.1) is 0 Å². The summed E-state index contributed by atoms with van der Waals surface area (Å²) >= 11 is 3.49. The van der Waals surface area contributed by atoms with E-state index in [2.05, 4.69) is 20.9 Å². The minimum absolute atomic E-state index is 0.0460. The van der Waals surface area contributed by atoms with Crippen LogP contribution in [0.15, 0.2) is 58.0 Å². The van der Waals surface area contributed by atoms with E-state index >= 15 is 0 Å². The minimum atomic E-state index is -0.688. The molecule has 23 heavy (non-hydrogen) atoms. The number of hydrogen-bond donors (Lipinski definition) is 1. The van der Waals surface area contributed by atoms with E-state index in [0.717, 1.165) is 15.6 Å². The molecule has 1 unspecified atom stereocenters. The zero-order valence-electron chi connectivity index (χ0n) is 12.3. The van der Waals surface area contributed by atoms with E-state index in [1.807, 2.05) is 36.4 Å². The first-order valence-electron chi connectivity index (χ1n) is 7.17. The summed E-state index contributed by atoms with van der Waals surface area (Å²) in [7, 11) is 0. The second-order valence-corrected chi connectivity index (χ2v) is 6.09. The lowest BCUT2D eigenvalue weighted by molar-refractivity contribution is 0.271. The summed E-state index contributed by atoms with van der Waals surface area (Å²) in [6.07, 6.45) is 0. The summed E-state index contributed by atoms with van der Waals surface area (Å²) in [5, 5.41) is 0. The van der Waals surface area contributed by atoms with E-state index in [4.69, 9.17) is 15.2 Å². The van der Waals surface area contributed by atoms with Gasteiger partial charge >= 0.3 is 0 Å². The number of amidine groups is 1. The first-order valence-corrected chi connectivity index (χ1v) is 7.97. The number of alkyl halides is 1. The van der Waals surface area contributed by atoms with Crippen molar-refractivity contribution in [2.45, 2.75) is 5.54 Å². The van der Waals surface area contributed by atoms with Crippen LogP contribution < -0.4 is 10.5 Å². The maximum absolute atomic E-state index is 12.2. The average molecular weight is 379 g/mol. The minimum Gasteiger partial charge on any atom is -0.491 e. The van der Waals surface area contributed by atoms with Crippen molar-refractivity contribution in [1.29, 1.82) is 0 Å². The molecule has 0 saturated carbocycles. The Morgan fingerprint density at radius 2 is 2.00 bits per heavy atom. The Kier molecular flexibility index (Phi) is 4.52. The Morgan fingerprint density at radius 1 is 1.22 bits per heavy atom. The van der Waals surface area contributed by atoms with Gasteiger partial charge in [-0.05, 0) is 35.4 Å². The summed E-state index contributed by atoms with van der Waals surface area (Å²) in [6.45, 7) is -0.136. The monoisotopic (exact) mass is 378 g/mol. The number of rotatable bonds is 5. The van der Waals surface area contributed by atoms with Crippen LogP contribution in [0.2, 0.25) is 0 Å². The Hall–Kier alpha value is -2.08. The third kappa shape index (κ3) is 3.17. The summed E-state index contributed by atoms with van der Waals surface area (Å²) in [5.41, 5.74) is 6.99. The van der Waals surface area contributed by atoms with Gasteiger partial charge in [0.05, 0.1) is 0 Å². The highest BCUT2D eigenvalue weighted by atomic mass is 79.9. The molecule has 0 aromatic heterocycles. The molecule has 2 N–H and O–H groups in total. The van der Waals surface area contributed by atoms with E-state index in [0.29, 0.717) is 12.4 Å². The van der Waals surface area contributed by atoms with E-state index in [1.165, 1.54) is 0 Å². The van der Waals surface area contributed by atoms with Gasteiger partial charge in [-0.2, -0.15) is 0 Å². The highest BCUT2D eigenvalue weighted by molar-refractivity contribution is 9.10.